The zero-order valence-electron chi connectivity index (χ0n) is 41.5. The highest BCUT2D eigenvalue weighted by molar-refractivity contribution is 9.10. The summed E-state index contributed by atoms with van der Waals surface area (Å²) in [4.78, 5) is 10.4. The Bertz CT molecular complexity index is 4260. The molecule has 0 saturated carbocycles. The van der Waals surface area contributed by atoms with Crippen molar-refractivity contribution in [1.29, 1.82) is 0 Å². The van der Waals surface area contributed by atoms with E-state index < -0.39 is 0 Å². The van der Waals surface area contributed by atoms with Gasteiger partial charge in [0.15, 0.2) is 0 Å². The predicted molar refractivity (Wildman–Crippen MR) is 307 cm³/mol. The molecule has 4 nitrogen and oxygen atoms in total. The second-order valence-electron chi connectivity index (χ2n) is 21.4. The topological polar surface area (TPSA) is 35.6 Å². The lowest BCUT2D eigenvalue weighted by Crippen LogP contribution is -2.26. The summed E-state index contributed by atoms with van der Waals surface area (Å²) in [6, 6.07) is 82.0. The third-order valence-electron chi connectivity index (χ3n) is 16.8. The number of rotatable bonds is 3. The van der Waals surface area contributed by atoms with Crippen LogP contribution in [-0.4, -0.2) is 19.1 Å². The van der Waals surface area contributed by atoms with Crippen LogP contribution >= 0.6 is 15.9 Å². The summed E-state index contributed by atoms with van der Waals surface area (Å²) in [5.74, 6) is 1.98. The number of nitrogens with zero attached hydrogens (tertiary/aromatic N) is 4. The minimum absolute atomic E-state index is 0.0669. The molecule has 0 unspecified atom stereocenters. The van der Waals surface area contributed by atoms with Gasteiger partial charge in [0.25, 0.3) is 0 Å². The molecular weight excluding hydrogens is 965 g/mol. The first-order valence-electron chi connectivity index (χ1n) is 25.7. The number of imidazole rings is 2. The molecular formula is C69H49BrN4. The van der Waals surface area contributed by atoms with Crippen molar-refractivity contribution >= 4 is 38.0 Å². The average molecular weight is 1010 g/mol. The quantitative estimate of drug-likeness (QED) is 0.177. The van der Waals surface area contributed by atoms with Crippen molar-refractivity contribution < 1.29 is 0 Å². The first-order valence-corrected chi connectivity index (χ1v) is 26.5. The molecule has 12 aromatic rings. The maximum Gasteiger partial charge on any atom is 0.145 e. The minimum Gasteiger partial charge on any atom is -0.292 e. The molecule has 0 atom stereocenters. The number of hydrogen-bond acceptors (Lipinski definition) is 2. The van der Waals surface area contributed by atoms with E-state index in [1.54, 1.807) is 0 Å². The van der Waals surface area contributed by atoms with E-state index in [1.165, 1.54) is 100 Å². The van der Waals surface area contributed by atoms with Gasteiger partial charge in [-0.2, -0.15) is 0 Å². The highest BCUT2D eigenvalue weighted by Gasteiger charge is 2.51. The molecule has 1 spiro atoms. The van der Waals surface area contributed by atoms with E-state index in [4.69, 9.17) is 9.97 Å². The van der Waals surface area contributed by atoms with Crippen LogP contribution in [0, 0.1) is 0 Å². The highest BCUT2D eigenvalue weighted by Crippen LogP contribution is 2.63. The zero-order chi connectivity index (χ0) is 49.7. The van der Waals surface area contributed by atoms with Gasteiger partial charge < -0.3 is 0 Å². The molecule has 2 aromatic heterocycles. The molecule has 4 aliphatic rings. The molecule has 16 rings (SSSR count). The minimum atomic E-state index is -0.367. The van der Waals surface area contributed by atoms with Crippen LogP contribution in [0.5, 0.6) is 0 Å². The monoisotopic (exact) mass is 1010 g/mol. The normalized spacial score (nSPS) is 14.9. The van der Waals surface area contributed by atoms with E-state index in [0.717, 1.165) is 38.3 Å². The molecule has 0 radical (unpaired) electrons. The van der Waals surface area contributed by atoms with Crippen molar-refractivity contribution in [1.82, 2.24) is 19.1 Å². The Morgan fingerprint density at radius 3 is 1.22 bits per heavy atom. The van der Waals surface area contributed by atoms with E-state index in [9.17, 15) is 0 Å². The summed E-state index contributed by atoms with van der Waals surface area (Å²) >= 11 is 3.68. The van der Waals surface area contributed by atoms with Gasteiger partial charge in [-0.15, -0.1) is 0 Å². The van der Waals surface area contributed by atoms with Gasteiger partial charge in [-0.25, -0.2) is 9.97 Å². The van der Waals surface area contributed by atoms with Crippen molar-refractivity contribution in [2.75, 3.05) is 0 Å². The first kappa shape index (κ1) is 43.2. The van der Waals surface area contributed by atoms with Gasteiger partial charge >= 0.3 is 0 Å². The first-order chi connectivity index (χ1) is 36.1. The smallest absolute Gasteiger partial charge is 0.145 e. The molecule has 5 heteroatoms. The van der Waals surface area contributed by atoms with Crippen LogP contribution < -0.4 is 0 Å². The largest absolute Gasteiger partial charge is 0.292 e. The summed E-state index contributed by atoms with van der Waals surface area (Å²) in [5.41, 5.74) is 27.0. The predicted octanol–water partition coefficient (Wildman–Crippen LogP) is 17.4. The molecule has 0 amide bonds. The van der Waals surface area contributed by atoms with E-state index in [-0.39, 0.29) is 16.2 Å². The van der Waals surface area contributed by atoms with Gasteiger partial charge in [-0.05, 0) is 120 Å². The Morgan fingerprint density at radius 1 is 0.324 bits per heavy atom. The molecule has 74 heavy (non-hydrogen) atoms. The number of benzene rings is 10. The molecule has 352 valence electrons. The summed E-state index contributed by atoms with van der Waals surface area (Å²) in [5, 5.41) is 0. The van der Waals surface area contributed by atoms with E-state index >= 15 is 0 Å². The molecule has 0 saturated heterocycles. The Hall–Kier alpha value is -8.38. The standard InChI is InChI=1S/C47H32N2.C22H17BrN2/c1-46(2)39-22-12-13-23-43(39)49-44-41(46)27-31(28-42(44)48-45(49)29-14-4-3-5-15-29)30-24-25-35-34-18-8-11-21-38(34)47(40(35)26-30)36-19-9-6-16-32(36)33-17-7-10-20-37(33)47;1-22(2)16-10-6-7-11-19(16)25-20-17(22)12-15(23)13-18(20)24-21(25)14-8-4-3-5-9-14/h3-28H,1-2H3;3-13H,1-2H3. The fourth-order valence-corrected chi connectivity index (χ4v) is 13.9. The van der Waals surface area contributed by atoms with Gasteiger partial charge in [0.05, 0.1) is 38.9 Å². The summed E-state index contributed by atoms with van der Waals surface area (Å²) in [7, 11) is 0. The third kappa shape index (κ3) is 5.79. The van der Waals surface area contributed by atoms with Crippen molar-refractivity contribution in [2.45, 2.75) is 43.9 Å². The van der Waals surface area contributed by atoms with E-state index in [2.05, 4.69) is 271 Å². The highest BCUT2D eigenvalue weighted by atomic mass is 79.9. The summed E-state index contributed by atoms with van der Waals surface area (Å²) < 4.78 is 5.80. The third-order valence-corrected chi connectivity index (χ3v) is 17.3. The molecule has 0 bridgehead atoms. The van der Waals surface area contributed by atoms with Crippen LogP contribution in [0.3, 0.4) is 0 Å². The number of aromatic nitrogens is 4. The fraction of sp³-hybridized carbons (Fsp3) is 0.101. The van der Waals surface area contributed by atoms with Gasteiger partial charge in [-0.1, -0.05) is 226 Å². The van der Waals surface area contributed by atoms with Gasteiger partial charge in [0.2, 0.25) is 0 Å². The number of para-hydroxylation sites is 2. The number of halogens is 1. The number of hydrogen-bond donors (Lipinski definition) is 0. The Kier molecular flexibility index (Phi) is 9.09. The van der Waals surface area contributed by atoms with Gasteiger partial charge in [-0.3, -0.25) is 9.13 Å². The van der Waals surface area contributed by atoms with Crippen molar-refractivity contribution in [3.8, 4) is 67.5 Å². The van der Waals surface area contributed by atoms with Crippen molar-refractivity contribution in [3.63, 3.8) is 0 Å². The lowest BCUT2D eigenvalue weighted by atomic mass is 9.70. The maximum absolute atomic E-state index is 5.40. The van der Waals surface area contributed by atoms with Crippen LogP contribution in [0.25, 0.3) is 89.6 Å². The van der Waals surface area contributed by atoms with E-state index in [0.29, 0.717) is 0 Å². The Labute approximate surface area is 439 Å². The van der Waals surface area contributed by atoms with Gasteiger partial charge in [0, 0.05) is 26.4 Å². The Balaban J connectivity index is 0.000000162. The lowest BCUT2D eigenvalue weighted by Gasteiger charge is -2.35. The summed E-state index contributed by atoms with van der Waals surface area (Å²) in [6.07, 6.45) is 0. The molecule has 2 aliphatic carbocycles. The van der Waals surface area contributed by atoms with E-state index in [1.807, 2.05) is 6.07 Å². The van der Waals surface area contributed by atoms with Crippen LogP contribution in [0.4, 0.5) is 0 Å². The lowest BCUT2D eigenvalue weighted by molar-refractivity contribution is 0.628. The zero-order valence-corrected chi connectivity index (χ0v) is 43.1. The molecule has 4 heterocycles. The van der Waals surface area contributed by atoms with Gasteiger partial charge in [0.1, 0.15) is 11.6 Å². The molecule has 0 N–H and O–H groups in total. The van der Waals surface area contributed by atoms with Crippen LogP contribution in [0.2, 0.25) is 0 Å². The number of fused-ring (bicyclic) bond motifs is 14. The average Bonchev–Trinajstić information content (AvgIpc) is 4.34. The molecule has 0 fully saturated rings. The van der Waals surface area contributed by atoms with Crippen LogP contribution in [0.15, 0.2) is 229 Å². The molecule has 2 aliphatic heterocycles. The van der Waals surface area contributed by atoms with Crippen LogP contribution in [-0.2, 0) is 16.2 Å². The van der Waals surface area contributed by atoms with Crippen LogP contribution in [0.1, 0.15) is 72.2 Å². The van der Waals surface area contributed by atoms with Crippen molar-refractivity contribution in [3.05, 3.63) is 273 Å². The SMILES string of the molecule is CC1(C)c2ccccc2-n2c(-c3ccccc3)nc3cc(-c4ccc5c(c4)C4(c6ccccc6-c6ccccc64)c4ccccc4-5)cc1c32.CC1(C)c2ccccc2-n2c(-c3ccccc3)nc3cc(Br)cc1c32. The maximum atomic E-state index is 5.40. The second-order valence-corrected chi connectivity index (χ2v) is 22.3. The summed E-state index contributed by atoms with van der Waals surface area (Å²) in [6.45, 7) is 9.32. The van der Waals surface area contributed by atoms with Crippen molar-refractivity contribution in [2.24, 2.45) is 0 Å². The Morgan fingerprint density at radius 2 is 0.716 bits per heavy atom. The fourth-order valence-electron chi connectivity index (χ4n) is 13.5. The second kappa shape index (κ2) is 15.6. The molecule has 10 aromatic carbocycles.